The number of ketones is 1. The van der Waals surface area contributed by atoms with Gasteiger partial charge in [0, 0.05) is 69.3 Å². The fraction of sp³-hybridized carbons (Fsp3) is 0.619. The van der Waals surface area contributed by atoms with Crippen molar-refractivity contribution in [1.29, 1.82) is 0 Å². The van der Waals surface area contributed by atoms with Gasteiger partial charge in [-0.2, -0.15) is 0 Å². The van der Waals surface area contributed by atoms with E-state index in [1.807, 2.05) is 0 Å². The number of aliphatic carboxylic acids is 2. The summed E-state index contributed by atoms with van der Waals surface area (Å²) >= 11 is 0. The van der Waals surface area contributed by atoms with Crippen LogP contribution in [0.3, 0.4) is 0 Å². The molecule has 3 aromatic carbocycles. The molecule has 8 rings (SSSR count). The van der Waals surface area contributed by atoms with Gasteiger partial charge >= 0.3 is 42.0 Å². The van der Waals surface area contributed by atoms with Crippen molar-refractivity contribution < 1.29 is 144 Å². The first kappa shape index (κ1) is 93.8. The molecule has 1 aliphatic heterocycles. The number of hydrogen-bond donors (Lipinski definition) is 6. The van der Waals surface area contributed by atoms with E-state index in [0.717, 1.165) is 13.8 Å². The highest BCUT2D eigenvalue weighted by molar-refractivity contribution is 5.96. The number of amides is 2. The number of hydrogen-bond acceptors (Lipinski definition) is 29. The van der Waals surface area contributed by atoms with Crippen LogP contribution in [-0.4, -0.2) is 291 Å². The van der Waals surface area contributed by atoms with Crippen LogP contribution >= 0.6 is 0 Å². The van der Waals surface area contributed by atoms with E-state index in [1.165, 1.54) is 52.0 Å². The Balaban J connectivity index is 0.888. The Hall–Kier alpha value is -8.68. The van der Waals surface area contributed by atoms with Gasteiger partial charge in [-0.1, -0.05) is 93.6 Å². The molecular weight excluding hydrogens is 1530 g/mol. The second-order valence-corrected chi connectivity index (χ2v) is 30.3. The largest absolute Gasteiger partial charge is 0.509 e. The first-order chi connectivity index (χ1) is 56.1. The monoisotopic (exact) mass is 1650 g/mol. The van der Waals surface area contributed by atoms with Crippen LogP contribution in [0.15, 0.2) is 114 Å². The molecule has 2 saturated carbocycles. The van der Waals surface area contributed by atoms with E-state index in [4.69, 9.17) is 86.0 Å². The Morgan fingerprint density at radius 1 is 0.607 bits per heavy atom. The molecule has 33 heteroatoms. The van der Waals surface area contributed by atoms with E-state index in [-0.39, 0.29) is 125 Å². The maximum atomic E-state index is 16.0. The smallest absolute Gasteiger partial charge is 0.481 e. The lowest BCUT2D eigenvalue weighted by Crippen LogP contribution is -2.82. The van der Waals surface area contributed by atoms with E-state index >= 15 is 9.59 Å². The van der Waals surface area contributed by atoms with Crippen LogP contribution in [0.5, 0.6) is 0 Å². The number of nitrogens with one attached hydrogen (secondary N) is 2. The zero-order valence-electron chi connectivity index (χ0n) is 67.8. The number of carboxylic acid groups (broad SMARTS) is 2. The third-order valence-electron chi connectivity index (χ3n) is 22.0. The molecule has 4 aliphatic carbocycles. The summed E-state index contributed by atoms with van der Waals surface area (Å²) in [7, 11) is 0. The van der Waals surface area contributed by atoms with E-state index in [9.17, 15) is 48.6 Å². The topological polar surface area (TPSA) is 427 Å². The summed E-state index contributed by atoms with van der Waals surface area (Å²) in [5.41, 5.74) is -8.99. The van der Waals surface area contributed by atoms with Gasteiger partial charge in [0.1, 0.15) is 36.1 Å². The van der Waals surface area contributed by atoms with Crippen molar-refractivity contribution in [1.82, 2.24) is 15.5 Å². The Morgan fingerprint density at radius 3 is 1.62 bits per heavy atom. The summed E-state index contributed by atoms with van der Waals surface area (Å²) in [6.45, 7) is 16.8. The number of Topliss-reactive ketones (excluding diaryl/α,β-unsaturated/α-hetero) is 1. The maximum absolute atomic E-state index is 16.0. The fourth-order valence-corrected chi connectivity index (χ4v) is 15.5. The predicted molar refractivity (Wildman–Crippen MR) is 414 cm³/mol. The average Bonchev–Trinajstić information content (AvgIpc) is 0.668. The van der Waals surface area contributed by atoms with E-state index in [1.54, 1.807) is 85.8 Å². The quantitative estimate of drug-likeness (QED) is 0.0165. The molecule has 0 spiro atoms. The molecule has 6 N–H and O–H groups in total. The number of fused-ring (bicyclic) bond motifs is 5. The van der Waals surface area contributed by atoms with E-state index < -0.39 is 142 Å². The number of esters is 4. The minimum atomic E-state index is -2.55. The molecule has 3 aromatic rings. The molecule has 117 heavy (non-hydrogen) atoms. The van der Waals surface area contributed by atoms with Gasteiger partial charge in [0.05, 0.1) is 161 Å². The SMILES string of the molecule is CC(=O)O[C@H]1C(=O)[C@@]2(C)[C@H]([C@H](OC(=O)c3ccccc3)[C@]3(O)C[C@H](OC(=O)[C@H](OC(=O)O[C@H]4/C=C/CC[C@@](C)(C(=O)NCCOCCOCCOCCN(CCOCCOCCOCCC(=O)O)CCOCCOCCOCCC(=O)O)CC4)[C@@H](NC(=O)c4ccccc4)c4ccccc4)C(C)=C1C3(C)C)[C@]1(OC(C)=O)CO[C@@H]1C[C@@H]2O. The van der Waals surface area contributed by atoms with Crippen LogP contribution in [0.2, 0.25) is 0 Å². The molecule has 1 saturated heterocycles. The van der Waals surface area contributed by atoms with Gasteiger partial charge in [-0.25, -0.2) is 14.4 Å². The van der Waals surface area contributed by atoms with Crippen molar-refractivity contribution >= 4 is 59.6 Å². The lowest BCUT2D eigenvalue weighted by atomic mass is 9.44. The molecule has 0 aromatic heterocycles. The Labute approximate surface area is 681 Å². The Kier molecular flexibility index (Phi) is 36.9. The predicted octanol–water partition coefficient (Wildman–Crippen LogP) is 5.92. The summed E-state index contributed by atoms with van der Waals surface area (Å²) in [6.07, 6.45) is -9.47. The lowest BCUT2D eigenvalue weighted by molar-refractivity contribution is -0.346. The second kappa shape index (κ2) is 46.0. The number of rotatable bonds is 49. The highest BCUT2D eigenvalue weighted by Crippen LogP contribution is 2.64. The number of aliphatic hydroxyl groups is 2. The maximum Gasteiger partial charge on any atom is 0.509 e. The van der Waals surface area contributed by atoms with E-state index in [2.05, 4.69) is 15.5 Å². The van der Waals surface area contributed by atoms with Gasteiger partial charge in [0.15, 0.2) is 17.5 Å². The van der Waals surface area contributed by atoms with Crippen molar-refractivity contribution in [3.05, 3.63) is 131 Å². The van der Waals surface area contributed by atoms with Gasteiger partial charge in [0.25, 0.3) is 5.91 Å². The summed E-state index contributed by atoms with van der Waals surface area (Å²) in [5, 5.41) is 49.9. The highest BCUT2D eigenvalue weighted by atomic mass is 16.7. The number of ether oxygens (including phenoxy) is 16. The van der Waals surface area contributed by atoms with Gasteiger partial charge in [-0.05, 0) is 86.6 Å². The molecule has 2 amide bonds. The number of carbonyl (C=O) groups excluding carboxylic acids is 8. The van der Waals surface area contributed by atoms with Crippen molar-refractivity contribution in [3.8, 4) is 0 Å². The molecule has 5 aliphatic rings. The summed E-state index contributed by atoms with van der Waals surface area (Å²) in [6, 6.07) is 22.3. The first-order valence-corrected chi connectivity index (χ1v) is 39.8. The van der Waals surface area contributed by atoms with Crippen molar-refractivity contribution in [3.63, 3.8) is 0 Å². The molecule has 33 nitrogen and oxygen atoms in total. The first-order valence-electron chi connectivity index (χ1n) is 39.8. The van der Waals surface area contributed by atoms with Crippen LogP contribution < -0.4 is 10.6 Å². The molecule has 1 heterocycles. The average molecular weight is 1650 g/mol. The minimum absolute atomic E-state index is 0.00864. The lowest BCUT2D eigenvalue weighted by Gasteiger charge is -2.67. The van der Waals surface area contributed by atoms with Crippen LogP contribution in [0.25, 0.3) is 0 Å². The van der Waals surface area contributed by atoms with Crippen LogP contribution in [0, 0.1) is 22.2 Å². The Bertz CT molecular complexity index is 3760. The summed E-state index contributed by atoms with van der Waals surface area (Å²) in [4.78, 5) is 140. The van der Waals surface area contributed by atoms with Crippen molar-refractivity contribution in [2.75, 3.05) is 152 Å². The Morgan fingerprint density at radius 2 is 1.11 bits per heavy atom. The van der Waals surface area contributed by atoms with E-state index in [0.29, 0.717) is 105 Å². The number of allylic oxidation sites excluding steroid dienone is 1. The van der Waals surface area contributed by atoms with Crippen LogP contribution in [-0.2, 0) is 109 Å². The zero-order valence-corrected chi connectivity index (χ0v) is 67.8. The molecule has 0 radical (unpaired) electrons. The fourth-order valence-electron chi connectivity index (χ4n) is 15.5. The standard InChI is InChI=1S/C84H115N3O30/c1-56-63(54-84(101)74(116-76(97)61-23-15-10-16-24-61)72-82(7,64(90)53-65-83(72,55-111-65)117-58(3)89)73(95)70(112-57(2)88)68(56)80(84,4)5)114-77(98)71(69(59-19-11-8-12-20-59)86-75(96)60-21-13-9-14-22-60)115-79(100)113-62-25-17-18-29-81(6,30-26-62)78(99)85-31-37-104-43-49-110-52-46-107-40-34-87(32-38-105-44-50-108-47-41-102-35-27-66(91)92)33-39-106-45-51-109-48-42-103-36-28-67(93)94/h8-17,19-25,62-65,69-72,74,90,101H,18,26-55H2,1-7H3,(H,85,99)(H,86,96)(H,91,92)(H,93,94)/b25-17+/t62-,63-,64-,65+,69-,70+,71+,72-,74-,81+,82+,83-,84+/m0/s1. The molecule has 3 fully saturated rings. The third-order valence-corrected chi connectivity index (χ3v) is 22.0. The number of benzene rings is 3. The van der Waals surface area contributed by atoms with Gasteiger partial charge in [-0.3, -0.25) is 38.5 Å². The molecule has 646 valence electrons. The second-order valence-electron chi connectivity index (χ2n) is 30.3. The molecule has 0 unspecified atom stereocenters. The third kappa shape index (κ3) is 26.2. The van der Waals surface area contributed by atoms with Crippen molar-refractivity contribution in [2.24, 2.45) is 22.2 Å². The zero-order chi connectivity index (χ0) is 84.6. The number of carboxylic acids is 2. The van der Waals surface area contributed by atoms with Crippen LogP contribution in [0.4, 0.5) is 4.79 Å². The highest BCUT2D eigenvalue weighted by Gasteiger charge is 2.78. The molecular formula is C84H115N3O30. The number of aliphatic hydroxyl groups excluding tert-OH is 1. The number of nitrogens with zero attached hydrogens (tertiary/aromatic N) is 1. The van der Waals surface area contributed by atoms with Gasteiger partial charge in [0.2, 0.25) is 12.0 Å². The van der Waals surface area contributed by atoms with Gasteiger partial charge < -0.3 is 107 Å². The van der Waals surface area contributed by atoms with Crippen molar-refractivity contribution in [2.45, 2.75) is 160 Å². The molecule has 2 bridgehead atoms. The number of carbonyl (C=O) groups is 10. The normalized spacial score (nSPS) is 25.4. The van der Waals surface area contributed by atoms with Gasteiger partial charge in [-0.15, -0.1) is 0 Å². The summed E-state index contributed by atoms with van der Waals surface area (Å²) in [5.74, 6) is -9.55. The minimum Gasteiger partial charge on any atom is -0.481 e. The summed E-state index contributed by atoms with van der Waals surface area (Å²) < 4.78 is 93.8. The van der Waals surface area contributed by atoms with Crippen LogP contribution in [0.1, 0.15) is 132 Å². The molecule has 13 atom stereocenters.